The summed E-state index contributed by atoms with van der Waals surface area (Å²) in [5.74, 6) is -0.0465. The summed E-state index contributed by atoms with van der Waals surface area (Å²) in [6.07, 6.45) is 5.31. The highest BCUT2D eigenvalue weighted by molar-refractivity contribution is 7.99. The zero-order valence-electron chi connectivity index (χ0n) is 9.17. The van der Waals surface area contributed by atoms with Gasteiger partial charge in [0.05, 0.1) is 5.75 Å². The van der Waals surface area contributed by atoms with Gasteiger partial charge < -0.3 is 9.67 Å². The number of thioether (sulfide) groups is 1. The highest BCUT2D eigenvalue weighted by Crippen LogP contribution is 2.47. The molecule has 5 nitrogen and oxygen atoms in total. The predicted molar refractivity (Wildman–Crippen MR) is 60.4 cm³/mol. The Morgan fingerprint density at radius 3 is 3.25 bits per heavy atom. The molecule has 16 heavy (non-hydrogen) atoms. The Morgan fingerprint density at radius 2 is 2.56 bits per heavy atom. The first-order chi connectivity index (χ1) is 7.72. The largest absolute Gasteiger partial charge is 0.481 e. The molecule has 88 valence electrons. The highest BCUT2D eigenvalue weighted by Gasteiger charge is 2.38. The normalized spacial score (nSPS) is 23.3. The predicted octanol–water partition coefficient (Wildman–Crippen LogP) is 1.82. The van der Waals surface area contributed by atoms with Gasteiger partial charge in [0, 0.05) is 6.04 Å². The van der Waals surface area contributed by atoms with E-state index in [1.807, 2.05) is 4.57 Å². The summed E-state index contributed by atoms with van der Waals surface area (Å²) in [7, 11) is 0. The summed E-state index contributed by atoms with van der Waals surface area (Å²) in [5.41, 5.74) is 0. The average molecular weight is 241 g/mol. The number of rotatable bonds is 6. The summed E-state index contributed by atoms with van der Waals surface area (Å²) in [4.78, 5) is 10.5. The molecule has 0 amide bonds. The first-order valence-electron chi connectivity index (χ1n) is 5.46. The molecule has 6 heteroatoms. The first kappa shape index (κ1) is 11.4. The molecule has 1 heterocycles. The maximum absolute atomic E-state index is 10.5. The van der Waals surface area contributed by atoms with Crippen LogP contribution in [-0.4, -0.2) is 31.6 Å². The second-order valence-electron chi connectivity index (χ2n) is 4.06. The van der Waals surface area contributed by atoms with Crippen molar-refractivity contribution in [1.82, 2.24) is 14.8 Å². The van der Waals surface area contributed by atoms with Gasteiger partial charge in [-0.25, -0.2) is 0 Å². The molecule has 1 aliphatic carbocycles. The van der Waals surface area contributed by atoms with Gasteiger partial charge in [-0.15, -0.1) is 10.2 Å². The third-order valence-electron chi connectivity index (χ3n) is 2.77. The topological polar surface area (TPSA) is 68.0 Å². The average Bonchev–Trinajstić information content (AvgIpc) is 2.85. The molecule has 1 fully saturated rings. The Morgan fingerprint density at radius 1 is 1.75 bits per heavy atom. The van der Waals surface area contributed by atoms with Crippen molar-refractivity contribution >= 4 is 17.7 Å². The third-order valence-corrected chi connectivity index (χ3v) is 3.71. The van der Waals surface area contributed by atoms with Crippen molar-refractivity contribution in [3.63, 3.8) is 0 Å². The fraction of sp³-hybridized carbons (Fsp3) is 0.700. The van der Waals surface area contributed by atoms with Crippen molar-refractivity contribution in [2.45, 2.75) is 37.4 Å². The van der Waals surface area contributed by atoms with Gasteiger partial charge in [0.15, 0.2) is 5.16 Å². The van der Waals surface area contributed by atoms with E-state index in [0.29, 0.717) is 6.04 Å². The number of carbonyl (C=O) groups is 1. The van der Waals surface area contributed by atoms with Crippen LogP contribution >= 0.6 is 11.8 Å². The van der Waals surface area contributed by atoms with Gasteiger partial charge in [0.25, 0.3) is 0 Å². The smallest absolute Gasteiger partial charge is 0.313 e. The Bertz CT molecular complexity index is 380. The van der Waals surface area contributed by atoms with Crippen LogP contribution in [0.4, 0.5) is 0 Å². The molecule has 2 rings (SSSR count). The van der Waals surface area contributed by atoms with Gasteiger partial charge in [0.2, 0.25) is 0 Å². The lowest BCUT2D eigenvalue weighted by Gasteiger charge is -2.03. The van der Waals surface area contributed by atoms with Crippen molar-refractivity contribution in [1.29, 1.82) is 0 Å². The quantitative estimate of drug-likeness (QED) is 0.769. The molecule has 1 aromatic heterocycles. The monoisotopic (exact) mass is 241 g/mol. The minimum absolute atomic E-state index is 0.0455. The van der Waals surface area contributed by atoms with E-state index in [1.54, 1.807) is 6.33 Å². The van der Waals surface area contributed by atoms with Crippen LogP contribution in [-0.2, 0) is 4.79 Å². The summed E-state index contributed by atoms with van der Waals surface area (Å²) < 4.78 is 2.02. The summed E-state index contributed by atoms with van der Waals surface area (Å²) in [5, 5.41) is 17.2. The Hall–Kier alpha value is -1.04. The number of carboxylic acids is 1. The lowest BCUT2D eigenvalue weighted by Crippen LogP contribution is -2.02. The standard InChI is InChI=1S/C10H15N3O2S/c1-2-3-7-4-8(7)13-6-11-12-10(13)16-5-9(14)15/h6-8H,2-5H2,1H3,(H,14,15). The number of hydrogen-bond donors (Lipinski definition) is 1. The van der Waals surface area contributed by atoms with Gasteiger partial charge in [-0.05, 0) is 18.8 Å². The summed E-state index contributed by atoms with van der Waals surface area (Å²) in [6.45, 7) is 2.18. The Balaban J connectivity index is 1.95. The molecule has 0 radical (unpaired) electrons. The van der Waals surface area contributed by atoms with E-state index in [9.17, 15) is 4.79 Å². The van der Waals surface area contributed by atoms with Gasteiger partial charge in [-0.2, -0.15) is 0 Å². The van der Waals surface area contributed by atoms with E-state index in [0.717, 1.165) is 11.1 Å². The van der Waals surface area contributed by atoms with Gasteiger partial charge in [0.1, 0.15) is 6.33 Å². The van der Waals surface area contributed by atoms with E-state index in [4.69, 9.17) is 5.11 Å². The van der Waals surface area contributed by atoms with Crippen LogP contribution < -0.4 is 0 Å². The minimum Gasteiger partial charge on any atom is -0.481 e. The van der Waals surface area contributed by atoms with Gasteiger partial charge in [-0.1, -0.05) is 25.1 Å². The molecular formula is C10H15N3O2S. The zero-order chi connectivity index (χ0) is 11.5. The van der Waals surface area contributed by atoms with Crippen LogP contribution in [0.3, 0.4) is 0 Å². The molecule has 0 aliphatic heterocycles. The van der Waals surface area contributed by atoms with Crippen molar-refractivity contribution < 1.29 is 9.90 Å². The van der Waals surface area contributed by atoms with Crippen molar-refractivity contribution in [3.8, 4) is 0 Å². The molecule has 1 aliphatic rings. The lowest BCUT2D eigenvalue weighted by molar-refractivity contribution is -0.133. The molecular weight excluding hydrogens is 226 g/mol. The van der Waals surface area contributed by atoms with Gasteiger partial charge >= 0.3 is 5.97 Å². The lowest BCUT2D eigenvalue weighted by atomic mass is 10.2. The second kappa shape index (κ2) is 4.86. The maximum Gasteiger partial charge on any atom is 0.313 e. The van der Waals surface area contributed by atoms with Crippen LogP contribution in [0.25, 0.3) is 0 Å². The molecule has 1 N–H and O–H groups in total. The van der Waals surface area contributed by atoms with E-state index >= 15 is 0 Å². The molecule has 1 saturated carbocycles. The molecule has 2 atom stereocenters. The maximum atomic E-state index is 10.5. The van der Waals surface area contributed by atoms with E-state index in [-0.39, 0.29) is 5.75 Å². The van der Waals surface area contributed by atoms with Crippen LogP contribution in [0.15, 0.2) is 11.5 Å². The molecule has 0 aromatic carbocycles. The number of nitrogens with zero attached hydrogens (tertiary/aromatic N) is 3. The molecule has 0 spiro atoms. The van der Waals surface area contributed by atoms with Crippen LogP contribution in [0, 0.1) is 5.92 Å². The van der Waals surface area contributed by atoms with Crippen LogP contribution in [0.5, 0.6) is 0 Å². The van der Waals surface area contributed by atoms with E-state index in [2.05, 4.69) is 17.1 Å². The van der Waals surface area contributed by atoms with Crippen molar-refractivity contribution in [2.24, 2.45) is 5.92 Å². The number of carboxylic acid groups (broad SMARTS) is 1. The SMILES string of the molecule is CCCC1CC1n1cnnc1SCC(=O)O. The summed E-state index contributed by atoms with van der Waals surface area (Å²) >= 11 is 1.24. The second-order valence-corrected chi connectivity index (χ2v) is 5.00. The number of aliphatic carboxylic acids is 1. The zero-order valence-corrected chi connectivity index (χ0v) is 9.98. The summed E-state index contributed by atoms with van der Waals surface area (Å²) in [6, 6.07) is 0.492. The molecule has 2 unspecified atom stereocenters. The highest BCUT2D eigenvalue weighted by atomic mass is 32.2. The van der Waals surface area contributed by atoms with Gasteiger partial charge in [-0.3, -0.25) is 4.79 Å². The van der Waals surface area contributed by atoms with E-state index in [1.165, 1.54) is 31.0 Å². The minimum atomic E-state index is -0.819. The Labute approximate surface area is 98.3 Å². The molecule has 0 bridgehead atoms. The number of aromatic nitrogens is 3. The Kier molecular flexibility index (Phi) is 3.48. The van der Waals surface area contributed by atoms with Crippen LogP contribution in [0.2, 0.25) is 0 Å². The fourth-order valence-electron chi connectivity index (χ4n) is 1.94. The van der Waals surface area contributed by atoms with Crippen LogP contribution in [0.1, 0.15) is 32.2 Å². The van der Waals surface area contributed by atoms with E-state index < -0.39 is 5.97 Å². The first-order valence-corrected chi connectivity index (χ1v) is 6.45. The fourth-order valence-corrected chi connectivity index (χ4v) is 2.63. The van der Waals surface area contributed by atoms with Crippen molar-refractivity contribution in [3.05, 3.63) is 6.33 Å². The molecule has 0 saturated heterocycles. The number of hydrogen-bond acceptors (Lipinski definition) is 4. The van der Waals surface area contributed by atoms with Crippen molar-refractivity contribution in [2.75, 3.05) is 5.75 Å². The third kappa shape index (κ3) is 2.55. The molecule has 1 aromatic rings.